The van der Waals surface area contributed by atoms with Gasteiger partial charge in [-0.15, -0.1) is 0 Å². The fourth-order valence-corrected chi connectivity index (χ4v) is 6.04. The lowest BCUT2D eigenvalue weighted by Crippen LogP contribution is -2.34. The number of ether oxygens (including phenoxy) is 2. The van der Waals surface area contributed by atoms with Gasteiger partial charge in [0.15, 0.2) is 11.5 Å². The molecule has 11 heteroatoms. The van der Waals surface area contributed by atoms with Gasteiger partial charge in [-0.05, 0) is 75.8 Å². The molecule has 0 spiro atoms. The number of carbonyl (C=O) groups excluding carboxylic acids is 1. The molecule has 0 aliphatic carbocycles. The number of nitrogens with one attached hydrogen (secondary N) is 1. The van der Waals surface area contributed by atoms with Crippen LogP contribution in [0, 0.1) is 0 Å². The summed E-state index contributed by atoms with van der Waals surface area (Å²) in [6.07, 6.45) is 0.519. The largest absolute Gasteiger partial charge is 0.493 e. The zero-order valence-electron chi connectivity index (χ0n) is 26.7. The number of methoxy groups -OCH3 is 1. The van der Waals surface area contributed by atoms with Gasteiger partial charge in [0, 0.05) is 49.2 Å². The molecular formula is C32H46N4O6S. The predicted molar refractivity (Wildman–Crippen MR) is 170 cm³/mol. The summed E-state index contributed by atoms with van der Waals surface area (Å²) >= 11 is 0. The maximum Gasteiger partial charge on any atom is 0.419 e. The van der Waals surface area contributed by atoms with E-state index in [9.17, 15) is 13.2 Å². The SMILES string of the molecule is CCN(CC)CCN(CC)Cc1ccc2c(c1)cc(-c1cc(OC)c(OS(C)(=O)=O)c3c1CNC3)n2C(=O)OC(C)(C)C. The Balaban J connectivity index is 1.83. The Morgan fingerprint density at radius 2 is 1.63 bits per heavy atom. The number of fused-ring (bicyclic) bond motifs is 2. The van der Waals surface area contributed by atoms with Gasteiger partial charge in [-0.3, -0.25) is 4.90 Å². The zero-order chi connectivity index (χ0) is 31.5. The van der Waals surface area contributed by atoms with E-state index in [2.05, 4.69) is 48.0 Å². The van der Waals surface area contributed by atoms with Crippen LogP contribution in [0.4, 0.5) is 4.79 Å². The Morgan fingerprint density at radius 3 is 2.23 bits per heavy atom. The van der Waals surface area contributed by atoms with Crippen molar-refractivity contribution < 1.29 is 26.9 Å². The Morgan fingerprint density at radius 1 is 0.977 bits per heavy atom. The van der Waals surface area contributed by atoms with Gasteiger partial charge in [0.2, 0.25) is 0 Å². The van der Waals surface area contributed by atoms with Gasteiger partial charge in [0.25, 0.3) is 0 Å². The number of nitrogens with zero attached hydrogens (tertiary/aromatic N) is 3. The first kappa shape index (κ1) is 32.8. The highest BCUT2D eigenvalue weighted by Gasteiger charge is 2.30. The van der Waals surface area contributed by atoms with E-state index in [4.69, 9.17) is 13.7 Å². The molecule has 0 fully saturated rings. The monoisotopic (exact) mass is 614 g/mol. The maximum absolute atomic E-state index is 13.7. The van der Waals surface area contributed by atoms with Gasteiger partial charge in [-0.2, -0.15) is 8.42 Å². The molecule has 236 valence electrons. The molecule has 0 atom stereocenters. The maximum atomic E-state index is 13.7. The van der Waals surface area contributed by atoms with Crippen LogP contribution >= 0.6 is 0 Å². The second-order valence-corrected chi connectivity index (χ2v) is 13.5. The highest BCUT2D eigenvalue weighted by Crippen LogP contribution is 2.44. The van der Waals surface area contributed by atoms with Crippen LogP contribution in [0.25, 0.3) is 22.2 Å². The number of aromatic nitrogens is 1. The van der Waals surface area contributed by atoms with Gasteiger partial charge >= 0.3 is 16.2 Å². The number of likely N-dealkylation sites (N-methyl/N-ethyl adjacent to an activating group) is 2. The minimum absolute atomic E-state index is 0.167. The minimum atomic E-state index is -3.79. The van der Waals surface area contributed by atoms with Crippen LogP contribution in [0.1, 0.15) is 58.2 Å². The van der Waals surface area contributed by atoms with Crippen molar-refractivity contribution in [2.75, 3.05) is 46.1 Å². The van der Waals surface area contributed by atoms with Crippen LogP contribution < -0.4 is 14.2 Å². The molecule has 43 heavy (non-hydrogen) atoms. The van der Waals surface area contributed by atoms with Crippen LogP contribution in [0.5, 0.6) is 11.5 Å². The first-order chi connectivity index (χ1) is 20.3. The molecule has 1 aromatic heterocycles. The van der Waals surface area contributed by atoms with E-state index < -0.39 is 21.8 Å². The lowest BCUT2D eigenvalue weighted by Gasteiger charge is -2.25. The van der Waals surface area contributed by atoms with Crippen LogP contribution in [0.2, 0.25) is 0 Å². The molecule has 0 saturated heterocycles. The van der Waals surface area contributed by atoms with Gasteiger partial charge < -0.3 is 23.9 Å². The summed E-state index contributed by atoms with van der Waals surface area (Å²) in [6, 6.07) is 9.93. The molecule has 2 aromatic carbocycles. The molecule has 3 aromatic rings. The number of carbonyl (C=O) groups is 1. The molecule has 0 saturated carbocycles. The summed E-state index contributed by atoms with van der Waals surface area (Å²) in [6.45, 7) is 18.8. The second kappa shape index (κ2) is 13.3. The van der Waals surface area contributed by atoms with E-state index in [1.165, 1.54) is 7.11 Å². The van der Waals surface area contributed by atoms with Crippen molar-refractivity contribution in [1.82, 2.24) is 19.7 Å². The topological polar surface area (TPSA) is 102 Å². The summed E-state index contributed by atoms with van der Waals surface area (Å²) in [5, 5.41) is 4.21. The van der Waals surface area contributed by atoms with E-state index in [1.54, 1.807) is 10.6 Å². The standard InChI is InChI=1S/C32H46N4O6S/c1-9-34(10-2)14-15-35(11-3)21-22-12-13-27-23(16-22)17-28(36(27)31(37)41-32(4,5)6)24-18-29(40-7)30(42-43(8,38)39)26-20-33-19-25(24)26/h12-13,16-18,33H,9-11,14-15,19-21H2,1-8H3. The van der Waals surface area contributed by atoms with Crippen molar-refractivity contribution in [3.63, 3.8) is 0 Å². The van der Waals surface area contributed by atoms with Crippen LogP contribution in [0.3, 0.4) is 0 Å². The zero-order valence-corrected chi connectivity index (χ0v) is 27.6. The third-order valence-electron chi connectivity index (χ3n) is 7.72. The van der Waals surface area contributed by atoms with Crippen LogP contribution in [-0.2, 0) is 34.5 Å². The van der Waals surface area contributed by atoms with Crippen molar-refractivity contribution in [3.8, 4) is 22.8 Å². The Kier molecular flexibility index (Phi) is 10.1. The number of benzene rings is 2. The molecule has 0 bridgehead atoms. The summed E-state index contributed by atoms with van der Waals surface area (Å²) < 4.78 is 42.6. The van der Waals surface area contributed by atoms with Crippen LogP contribution in [-0.4, -0.2) is 80.6 Å². The second-order valence-electron chi connectivity index (χ2n) is 11.9. The molecule has 1 aliphatic heterocycles. The van der Waals surface area contributed by atoms with Crippen molar-refractivity contribution in [3.05, 3.63) is 47.0 Å². The number of hydrogen-bond donors (Lipinski definition) is 1. The summed E-state index contributed by atoms with van der Waals surface area (Å²) in [5.74, 6) is 0.441. The Labute approximate surface area is 256 Å². The quantitative estimate of drug-likeness (QED) is 0.276. The van der Waals surface area contributed by atoms with E-state index in [-0.39, 0.29) is 11.5 Å². The molecule has 0 radical (unpaired) electrons. The average molecular weight is 615 g/mol. The Hall–Kier alpha value is -3.12. The molecule has 1 aliphatic rings. The van der Waals surface area contributed by atoms with Gasteiger partial charge in [-0.25, -0.2) is 9.36 Å². The van der Waals surface area contributed by atoms with Gasteiger partial charge in [0.1, 0.15) is 5.60 Å². The highest BCUT2D eigenvalue weighted by atomic mass is 32.2. The Bertz CT molecular complexity index is 1570. The smallest absolute Gasteiger partial charge is 0.419 e. The third kappa shape index (κ3) is 7.70. The average Bonchev–Trinajstić information content (AvgIpc) is 3.56. The van der Waals surface area contributed by atoms with Crippen LogP contribution in [0.15, 0.2) is 30.3 Å². The van der Waals surface area contributed by atoms with Crippen molar-refractivity contribution >= 4 is 27.1 Å². The van der Waals surface area contributed by atoms with E-state index in [1.807, 2.05) is 32.9 Å². The fraction of sp³-hybridized carbons (Fsp3) is 0.531. The minimum Gasteiger partial charge on any atom is -0.493 e. The first-order valence-corrected chi connectivity index (χ1v) is 16.8. The lowest BCUT2D eigenvalue weighted by molar-refractivity contribution is 0.0547. The normalized spacial score (nSPS) is 13.6. The molecule has 0 unspecified atom stereocenters. The summed E-state index contributed by atoms with van der Waals surface area (Å²) in [4.78, 5) is 18.6. The number of hydrogen-bond acceptors (Lipinski definition) is 9. The molecule has 4 rings (SSSR count). The molecule has 0 amide bonds. The molecule has 2 heterocycles. The fourth-order valence-electron chi connectivity index (χ4n) is 5.55. The summed E-state index contributed by atoms with van der Waals surface area (Å²) in [5.41, 5.74) is 4.10. The molecule has 10 nitrogen and oxygen atoms in total. The number of rotatable bonds is 12. The van der Waals surface area contributed by atoms with Crippen molar-refractivity contribution in [1.29, 1.82) is 0 Å². The predicted octanol–water partition coefficient (Wildman–Crippen LogP) is 5.21. The van der Waals surface area contributed by atoms with Gasteiger partial charge in [-0.1, -0.05) is 26.8 Å². The van der Waals surface area contributed by atoms with Crippen molar-refractivity contribution in [2.45, 2.75) is 66.8 Å². The highest BCUT2D eigenvalue weighted by molar-refractivity contribution is 7.86. The third-order valence-corrected chi connectivity index (χ3v) is 8.19. The lowest BCUT2D eigenvalue weighted by atomic mass is 9.99. The van der Waals surface area contributed by atoms with E-state index in [0.717, 1.165) is 73.1 Å². The van der Waals surface area contributed by atoms with E-state index >= 15 is 0 Å². The molecular weight excluding hydrogens is 568 g/mol. The van der Waals surface area contributed by atoms with Crippen molar-refractivity contribution in [2.24, 2.45) is 0 Å². The van der Waals surface area contributed by atoms with E-state index in [0.29, 0.717) is 24.3 Å². The summed E-state index contributed by atoms with van der Waals surface area (Å²) in [7, 11) is -2.32. The first-order valence-electron chi connectivity index (χ1n) is 14.9. The van der Waals surface area contributed by atoms with Gasteiger partial charge in [0.05, 0.1) is 24.6 Å². The molecule has 1 N–H and O–H groups in total.